The van der Waals surface area contributed by atoms with Crippen molar-refractivity contribution in [3.63, 3.8) is 0 Å². The third-order valence-corrected chi connectivity index (χ3v) is 6.86. The lowest BCUT2D eigenvalue weighted by atomic mass is 9.69. The smallest absolute Gasteiger partial charge is 0.0105 e. The Bertz CT molecular complexity index is 351. The molecule has 3 fully saturated rings. The van der Waals surface area contributed by atoms with Crippen LogP contribution in [0.1, 0.15) is 58.8 Å². The largest absolute Gasteiger partial charge is 0.317 e. The molecule has 3 aliphatic carbocycles. The molecule has 2 heteroatoms. The maximum Gasteiger partial charge on any atom is 0.0105 e. The second-order valence-electron chi connectivity index (χ2n) is 9.22. The van der Waals surface area contributed by atoms with E-state index in [0.29, 0.717) is 5.41 Å². The Kier molecular flexibility index (Phi) is 4.66. The predicted octanol–water partition coefficient (Wildman–Crippen LogP) is 3.77. The fourth-order valence-electron chi connectivity index (χ4n) is 5.78. The first-order valence-corrected chi connectivity index (χ1v) is 9.32. The van der Waals surface area contributed by atoms with Crippen LogP contribution in [-0.2, 0) is 0 Å². The monoisotopic (exact) mass is 292 g/mol. The van der Waals surface area contributed by atoms with Crippen LogP contribution in [0.2, 0.25) is 0 Å². The molecule has 0 amide bonds. The zero-order valence-corrected chi connectivity index (χ0v) is 14.7. The highest BCUT2D eigenvalue weighted by molar-refractivity contribution is 4.93. The van der Waals surface area contributed by atoms with Gasteiger partial charge in [0.2, 0.25) is 0 Å². The predicted molar refractivity (Wildman–Crippen MR) is 90.4 cm³/mol. The third kappa shape index (κ3) is 3.64. The Morgan fingerprint density at radius 1 is 1.05 bits per heavy atom. The number of rotatable bonds is 5. The maximum atomic E-state index is 3.59. The van der Waals surface area contributed by atoms with Gasteiger partial charge in [0.05, 0.1) is 0 Å². The van der Waals surface area contributed by atoms with Crippen molar-refractivity contribution in [3.05, 3.63) is 0 Å². The van der Waals surface area contributed by atoms with E-state index in [-0.39, 0.29) is 0 Å². The van der Waals surface area contributed by atoms with E-state index in [1.165, 1.54) is 51.6 Å². The van der Waals surface area contributed by atoms with E-state index in [4.69, 9.17) is 0 Å². The first-order chi connectivity index (χ1) is 9.97. The average molecular weight is 293 g/mol. The summed E-state index contributed by atoms with van der Waals surface area (Å²) in [5.74, 6) is 4.01. The number of nitrogens with zero attached hydrogens (tertiary/aromatic N) is 1. The van der Waals surface area contributed by atoms with Crippen molar-refractivity contribution in [2.45, 2.75) is 64.8 Å². The van der Waals surface area contributed by atoms with Gasteiger partial charge < -0.3 is 10.2 Å². The van der Waals surface area contributed by atoms with Crippen LogP contribution in [0.3, 0.4) is 0 Å². The summed E-state index contributed by atoms with van der Waals surface area (Å²) in [6, 6.07) is 0.737. The highest BCUT2D eigenvalue weighted by Crippen LogP contribution is 2.48. The molecule has 3 aliphatic rings. The number of fused-ring (bicyclic) bond motifs is 2. The molecular formula is C19H36N2. The molecule has 0 spiro atoms. The quantitative estimate of drug-likeness (QED) is 0.830. The molecule has 0 heterocycles. The van der Waals surface area contributed by atoms with Crippen LogP contribution < -0.4 is 5.32 Å². The van der Waals surface area contributed by atoms with Crippen molar-refractivity contribution in [1.82, 2.24) is 10.2 Å². The first kappa shape index (κ1) is 15.8. The molecule has 2 nitrogen and oxygen atoms in total. The van der Waals surface area contributed by atoms with Gasteiger partial charge in [0.1, 0.15) is 0 Å². The van der Waals surface area contributed by atoms with Gasteiger partial charge in [0, 0.05) is 19.1 Å². The lowest BCUT2D eigenvalue weighted by molar-refractivity contribution is 0.101. The van der Waals surface area contributed by atoms with Crippen molar-refractivity contribution in [3.8, 4) is 0 Å². The zero-order valence-electron chi connectivity index (χ0n) is 14.7. The van der Waals surface area contributed by atoms with Gasteiger partial charge in [-0.1, -0.05) is 20.3 Å². The highest BCUT2D eigenvalue weighted by atomic mass is 15.1. The lowest BCUT2D eigenvalue weighted by Crippen LogP contribution is -2.46. The fraction of sp³-hybridized carbons (Fsp3) is 1.00. The van der Waals surface area contributed by atoms with Crippen LogP contribution in [0.25, 0.3) is 0 Å². The molecule has 0 aromatic heterocycles. The molecule has 21 heavy (non-hydrogen) atoms. The van der Waals surface area contributed by atoms with E-state index in [9.17, 15) is 0 Å². The van der Waals surface area contributed by atoms with Crippen molar-refractivity contribution < 1.29 is 0 Å². The minimum atomic E-state index is 0.547. The summed E-state index contributed by atoms with van der Waals surface area (Å²) in [6.45, 7) is 7.57. The van der Waals surface area contributed by atoms with Gasteiger partial charge in [-0.2, -0.15) is 0 Å². The zero-order chi connectivity index (χ0) is 15.0. The molecule has 2 bridgehead atoms. The number of hydrogen-bond acceptors (Lipinski definition) is 2. The van der Waals surface area contributed by atoms with E-state index < -0.39 is 0 Å². The first-order valence-electron chi connectivity index (χ1n) is 9.32. The minimum absolute atomic E-state index is 0.547. The summed E-state index contributed by atoms with van der Waals surface area (Å²) in [5.41, 5.74) is 0.547. The van der Waals surface area contributed by atoms with Crippen LogP contribution in [0.15, 0.2) is 0 Å². The summed E-state index contributed by atoms with van der Waals surface area (Å²) in [6.07, 6.45) is 10.3. The summed E-state index contributed by atoms with van der Waals surface area (Å²) in [4.78, 5) is 2.67. The van der Waals surface area contributed by atoms with Crippen LogP contribution in [-0.4, -0.2) is 38.1 Å². The Morgan fingerprint density at radius 3 is 2.43 bits per heavy atom. The minimum Gasteiger partial charge on any atom is -0.317 e. The molecule has 0 aromatic carbocycles. The van der Waals surface area contributed by atoms with Crippen molar-refractivity contribution in [1.29, 1.82) is 0 Å². The molecule has 5 atom stereocenters. The van der Waals surface area contributed by atoms with Crippen molar-refractivity contribution in [2.24, 2.45) is 29.1 Å². The number of nitrogens with one attached hydrogen (secondary N) is 1. The Morgan fingerprint density at radius 2 is 1.81 bits per heavy atom. The molecular weight excluding hydrogens is 256 g/mol. The molecule has 0 radical (unpaired) electrons. The second-order valence-corrected chi connectivity index (χ2v) is 9.22. The van der Waals surface area contributed by atoms with Gasteiger partial charge >= 0.3 is 0 Å². The maximum absolute atomic E-state index is 3.59. The van der Waals surface area contributed by atoms with Crippen LogP contribution in [0.5, 0.6) is 0 Å². The molecule has 0 aliphatic heterocycles. The standard InChI is InChI=1S/C19H36N2/c1-19(2)8-7-18(20-3)17(11-19)13-21(4)12-16-10-14-5-6-15(16)9-14/h14-18,20H,5-13H2,1-4H3. The van der Waals surface area contributed by atoms with Gasteiger partial charge in [0.25, 0.3) is 0 Å². The van der Waals surface area contributed by atoms with E-state index >= 15 is 0 Å². The highest BCUT2D eigenvalue weighted by Gasteiger charge is 2.40. The van der Waals surface area contributed by atoms with E-state index in [2.05, 4.69) is 38.2 Å². The lowest BCUT2D eigenvalue weighted by Gasteiger charge is -2.42. The molecule has 0 aromatic rings. The van der Waals surface area contributed by atoms with Gasteiger partial charge in [-0.05, 0) is 81.7 Å². The Hall–Kier alpha value is -0.0800. The molecule has 122 valence electrons. The second kappa shape index (κ2) is 6.20. The summed E-state index contributed by atoms with van der Waals surface area (Å²) >= 11 is 0. The van der Waals surface area contributed by atoms with E-state index in [1.807, 2.05) is 0 Å². The fourth-order valence-corrected chi connectivity index (χ4v) is 5.78. The summed E-state index contributed by atoms with van der Waals surface area (Å²) in [5, 5.41) is 3.59. The summed E-state index contributed by atoms with van der Waals surface area (Å²) in [7, 11) is 4.53. The molecule has 3 rings (SSSR count). The van der Waals surface area contributed by atoms with Gasteiger partial charge in [-0.3, -0.25) is 0 Å². The molecule has 5 unspecified atom stereocenters. The summed E-state index contributed by atoms with van der Waals surface area (Å²) < 4.78 is 0. The van der Waals surface area contributed by atoms with Crippen LogP contribution >= 0.6 is 0 Å². The van der Waals surface area contributed by atoms with E-state index in [1.54, 1.807) is 6.42 Å². The molecule has 1 N–H and O–H groups in total. The van der Waals surface area contributed by atoms with Gasteiger partial charge in [-0.25, -0.2) is 0 Å². The van der Waals surface area contributed by atoms with Crippen LogP contribution in [0, 0.1) is 29.1 Å². The average Bonchev–Trinajstić information content (AvgIpc) is 3.00. The van der Waals surface area contributed by atoms with Crippen LogP contribution in [0.4, 0.5) is 0 Å². The topological polar surface area (TPSA) is 15.3 Å². The molecule has 0 saturated heterocycles. The Labute approximate surface area is 132 Å². The van der Waals surface area contributed by atoms with Crippen molar-refractivity contribution >= 4 is 0 Å². The Balaban J connectivity index is 1.51. The third-order valence-electron chi connectivity index (χ3n) is 6.86. The normalized spacial score (nSPS) is 41.9. The SMILES string of the molecule is CNC1CCC(C)(C)CC1CN(C)CC1CC2CCC1C2. The molecule has 3 saturated carbocycles. The van der Waals surface area contributed by atoms with Crippen molar-refractivity contribution in [2.75, 3.05) is 27.2 Å². The van der Waals surface area contributed by atoms with Gasteiger partial charge in [-0.15, -0.1) is 0 Å². The van der Waals surface area contributed by atoms with Gasteiger partial charge in [0.15, 0.2) is 0 Å². The van der Waals surface area contributed by atoms with E-state index in [0.717, 1.165) is 29.7 Å². The number of hydrogen-bond donors (Lipinski definition) is 1.